The van der Waals surface area contributed by atoms with Gasteiger partial charge >= 0.3 is 0 Å². The molecule has 1 aliphatic rings. The Morgan fingerprint density at radius 2 is 1.92 bits per heavy atom. The molecule has 1 N–H and O–H groups in total. The number of rotatable bonds is 5. The van der Waals surface area contributed by atoms with E-state index in [2.05, 4.69) is 21.7 Å². The Morgan fingerprint density at radius 1 is 1.21 bits per heavy atom. The highest BCUT2D eigenvalue weighted by molar-refractivity contribution is 7.10. The lowest BCUT2D eigenvalue weighted by Gasteiger charge is -2.34. The molecule has 1 saturated heterocycles. The number of carbonyl (C=O) groups is 1. The van der Waals surface area contributed by atoms with Crippen LogP contribution in [0.5, 0.6) is 0 Å². The minimum atomic E-state index is -0.250. The van der Waals surface area contributed by atoms with E-state index < -0.39 is 0 Å². The second kappa shape index (κ2) is 8.32. The third-order valence-corrected chi connectivity index (χ3v) is 5.61. The predicted octanol–water partition coefficient (Wildman–Crippen LogP) is 3.86. The van der Waals surface area contributed by atoms with E-state index in [0.717, 1.165) is 13.1 Å². The molecule has 0 saturated carbocycles. The normalized spacial score (nSPS) is 16.8. The summed E-state index contributed by atoms with van der Waals surface area (Å²) in [7, 11) is 0. The molecule has 0 radical (unpaired) electrons. The SMILES string of the molecule is O=C(NCC(c1cccs1)N1CCOCC1)c1c(Cl)cccc1Cl. The zero-order chi connectivity index (χ0) is 16.9. The van der Waals surface area contributed by atoms with Crippen molar-refractivity contribution in [3.05, 3.63) is 56.2 Å². The summed E-state index contributed by atoms with van der Waals surface area (Å²) in [6.07, 6.45) is 0. The molecule has 0 bridgehead atoms. The first-order valence-electron chi connectivity index (χ1n) is 7.74. The van der Waals surface area contributed by atoms with Crippen LogP contribution < -0.4 is 5.32 Å². The maximum absolute atomic E-state index is 12.5. The standard InChI is InChI=1S/C17H18Cl2N2O2S/c18-12-3-1-4-13(19)16(12)17(22)20-11-14(15-5-2-10-24-15)21-6-8-23-9-7-21/h1-5,10,14H,6-9,11H2,(H,20,22). The lowest BCUT2D eigenvalue weighted by atomic mass is 10.1. The van der Waals surface area contributed by atoms with Crippen molar-refractivity contribution in [1.82, 2.24) is 10.2 Å². The van der Waals surface area contributed by atoms with Crippen molar-refractivity contribution >= 4 is 40.4 Å². The molecular weight excluding hydrogens is 367 g/mol. The molecule has 128 valence electrons. The lowest BCUT2D eigenvalue weighted by Crippen LogP contribution is -2.43. The summed E-state index contributed by atoms with van der Waals surface area (Å²) in [5.74, 6) is -0.250. The first kappa shape index (κ1) is 17.7. The smallest absolute Gasteiger partial charge is 0.254 e. The third-order valence-electron chi connectivity index (χ3n) is 4.00. The molecule has 0 spiro atoms. The van der Waals surface area contributed by atoms with Crippen molar-refractivity contribution in [1.29, 1.82) is 0 Å². The predicted molar refractivity (Wildman–Crippen MR) is 98.2 cm³/mol. The molecule has 24 heavy (non-hydrogen) atoms. The van der Waals surface area contributed by atoms with E-state index >= 15 is 0 Å². The molecule has 2 aromatic rings. The Balaban J connectivity index is 1.72. The highest BCUT2D eigenvalue weighted by atomic mass is 35.5. The molecule has 7 heteroatoms. The average molecular weight is 385 g/mol. The number of nitrogens with one attached hydrogen (secondary N) is 1. The molecule has 0 aliphatic carbocycles. The number of carbonyl (C=O) groups excluding carboxylic acids is 1. The number of thiophene rings is 1. The summed E-state index contributed by atoms with van der Waals surface area (Å²) >= 11 is 13.9. The van der Waals surface area contributed by atoms with Crippen LogP contribution in [-0.2, 0) is 4.74 Å². The summed E-state index contributed by atoms with van der Waals surface area (Å²) in [5.41, 5.74) is 0.327. The Labute approximate surface area is 155 Å². The number of hydrogen-bond acceptors (Lipinski definition) is 4. The van der Waals surface area contributed by atoms with E-state index in [4.69, 9.17) is 27.9 Å². The molecule has 1 fully saturated rings. The van der Waals surface area contributed by atoms with Crippen LogP contribution in [0, 0.1) is 0 Å². The summed E-state index contributed by atoms with van der Waals surface area (Å²) in [6.45, 7) is 3.63. The van der Waals surface area contributed by atoms with Crippen LogP contribution in [0.15, 0.2) is 35.7 Å². The van der Waals surface area contributed by atoms with Gasteiger partial charge in [0.2, 0.25) is 0 Å². The first-order valence-corrected chi connectivity index (χ1v) is 9.38. The number of nitrogens with zero attached hydrogens (tertiary/aromatic N) is 1. The number of halogens is 2. The van der Waals surface area contributed by atoms with Gasteiger partial charge in [-0.3, -0.25) is 9.69 Å². The largest absolute Gasteiger partial charge is 0.379 e. The van der Waals surface area contributed by atoms with Crippen LogP contribution in [0.25, 0.3) is 0 Å². The minimum Gasteiger partial charge on any atom is -0.379 e. The van der Waals surface area contributed by atoms with Crippen molar-refractivity contribution in [2.75, 3.05) is 32.8 Å². The maximum atomic E-state index is 12.5. The van der Waals surface area contributed by atoms with Gasteiger partial charge in [-0.2, -0.15) is 0 Å². The fraction of sp³-hybridized carbons (Fsp3) is 0.353. The van der Waals surface area contributed by atoms with E-state index in [9.17, 15) is 4.79 Å². The van der Waals surface area contributed by atoms with Gasteiger partial charge in [-0.05, 0) is 23.6 Å². The molecule has 1 aliphatic heterocycles. The second-order valence-corrected chi connectivity index (χ2v) is 7.28. The van der Waals surface area contributed by atoms with E-state index in [1.165, 1.54) is 4.88 Å². The van der Waals surface area contributed by atoms with E-state index in [1.807, 2.05) is 6.07 Å². The quantitative estimate of drug-likeness (QED) is 0.850. The number of benzene rings is 1. The van der Waals surface area contributed by atoms with Crippen LogP contribution in [0.3, 0.4) is 0 Å². The van der Waals surface area contributed by atoms with Gasteiger partial charge in [-0.1, -0.05) is 35.3 Å². The van der Waals surface area contributed by atoms with Crippen LogP contribution in [-0.4, -0.2) is 43.7 Å². The molecule has 4 nitrogen and oxygen atoms in total. The van der Waals surface area contributed by atoms with Gasteiger partial charge in [-0.25, -0.2) is 0 Å². The van der Waals surface area contributed by atoms with E-state index in [0.29, 0.717) is 35.4 Å². The molecule has 1 unspecified atom stereocenters. The zero-order valence-corrected chi connectivity index (χ0v) is 15.3. The van der Waals surface area contributed by atoms with Crippen LogP contribution in [0.2, 0.25) is 10.0 Å². The zero-order valence-electron chi connectivity index (χ0n) is 13.0. The summed E-state index contributed by atoms with van der Waals surface area (Å²) in [6, 6.07) is 9.31. The van der Waals surface area contributed by atoms with Gasteiger partial charge in [0, 0.05) is 24.5 Å². The Bertz CT molecular complexity index is 668. The number of morpholine rings is 1. The number of ether oxygens (including phenoxy) is 1. The number of amides is 1. The molecule has 1 aromatic heterocycles. The number of hydrogen-bond donors (Lipinski definition) is 1. The minimum absolute atomic E-state index is 0.124. The Kier molecular flexibility index (Phi) is 6.14. The van der Waals surface area contributed by atoms with E-state index in [-0.39, 0.29) is 11.9 Å². The van der Waals surface area contributed by atoms with Crippen molar-refractivity contribution in [2.24, 2.45) is 0 Å². The van der Waals surface area contributed by atoms with Gasteiger partial charge < -0.3 is 10.1 Å². The van der Waals surface area contributed by atoms with E-state index in [1.54, 1.807) is 29.5 Å². The van der Waals surface area contributed by atoms with Gasteiger partial charge in [0.25, 0.3) is 5.91 Å². The topological polar surface area (TPSA) is 41.6 Å². The van der Waals surface area contributed by atoms with Crippen molar-refractivity contribution in [3.8, 4) is 0 Å². The summed E-state index contributed by atoms with van der Waals surface area (Å²) < 4.78 is 5.43. The molecule has 1 atom stereocenters. The van der Waals surface area contributed by atoms with Crippen LogP contribution in [0.1, 0.15) is 21.3 Å². The van der Waals surface area contributed by atoms with Gasteiger partial charge in [0.15, 0.2) is 0 Å². The highest BCUT2D eigenvalue weighted by Gasteiger charge is 2.24. The highest BCUT2D eigenvalue weighted by Crippen LogP contribution is 2.27. The van der Waals surface area contributed by atoms with Gasteiger partial charge in [-0.15, -0.1) is 11.3 Å². The average Bonchev–Trinajstić information content (AvgIpc) is 3.10. The van der Waals surface area contributed by atoms with Gasteiger partial charge in [0.05, 0.1) is 34.9 Å². The lowest BCUT2D eigenvalue weighted by molar-refractivity contribution is 0.0169. The fourth-order valence-electron chi connectivity index (χ4n) is 2.77. The van der Waals surface area contributed by atoms with Crippen molar-refractivity contribution in [2.45, 2.75) is 6.04 Å². The Morgan fingerprint density at radius 3 is 2.54 bits per heavy atom. The van der Waals surface area contributed by atoms with Crippen LogP contribution >= 0.6 is 34.5 Å². The molecule has 2 heterocycles. The fourth-order valence-corrected chi connectivity index (χ4v) is 4.20. The molecule has 1 aromatic carbocycles. The third kappa shape index (κ3) is 4.10. The summed E-state index contributed by atoms with van der Waals surface area (Å²) in [4.78, 5) is 16.1. The van der Waals surface area contributed by atoms with Crippen molar-refractivity contribution in [3.63, 3.8) is 0 Å². The Hall–Kier alpha value is -1.11. The van der Waals surface area contributed by atoms with Crippen molar-refractivity contribution < 1.29 is 9.53 Å². The maximum Gasteiger partial charge on any atom is 0.254 e. The van der Waals surface area contributed by atoms with Gasteiger partial charge in [0.1, 0.15) is 0 Å². The molecule has 3 rings (SSSR count). The second-order valence-electron chi connectivity index (χ2n) is 5.49. The van der Waals surface area contributed by atoms with Crippen LogP contribution in [0.4, 0.5) is 0 Å². The molecule has 1 amide bonds. The molecular formula is C17H18Cl2N2O2S. The summed E-state index contributed by atoms with van der Waals surface area (Å²) in [5, 5.41) is 5.75. The first-order chi connectivity index (χ1) is 11.7. The monoisotopic (exact) mass is 384 g/mol.